The van der Waals surface area contributed by atoms with Crippen molar-refractivity contribution in [3.05, 3.63) is 23.8 Å². The Kier molecular flexibility index (Phi) is 4.28. The zero-order chi connectivity index (χ0) is 12.2. The van der Waals surface area contributed by atoms with Gasteiger partial charge in [0.15, 0.2) is 0 Å². The molecule has 1 aromatic rings. The van der Waals surface area contributed by atoms with E-state index < -0.39 is 10.0 Å². The zero-order valence-corrected chi connectivity index (χ0v) is 9.70. The maximum absolute atomic E-state index is 11.1. The van der Waals surface area contributed by atoms with Gasteiger partial charge in [-0.25, -0.2) is 13.6 Å². The van der Waals surface area contributed by atoms with Gasteiger partial charge < -0.3 is 10.8 Å². The summed E-state index contributed by atoms with van der Waals surface area (Å²) in [4.78, 5) is -0.224. The molecule has 5 nitrogen and oxygen atoms in total. The molecule has 0 atom stereocenters. The van der Waals surface area contributed by atoms with Gasteiger partial charge in [0, 0.05) is 0 Å². The number of aromatic hydroxyl groups is 1. The molecule has 0 unspecified atom stereocenters. The van der Waals surface area contributed by atoms with Gasteiger partial charge in [-0.1, -0.05) is 6.07 Å². The van der Waals surface area contributed by atoms with Gasteiger partial charge in [-0.2, -0.15) is 0 Å². The number of hydrogen-bond donors (Lipinski definition) is 3. The van der Waals surface area contributed by atoms with Gasteiger partial charge in [0.05, 0.1) is 0 Å². The van der Waals surface area contributed by atoms with Crippen LogP contribution in [0.3, 0.4) is 0 Å². The smallest absolute Gasteiger partial charge is 0.241 e. The van der Waals surface area contributed by atoms with E-state index in [2.05, 4.69) is 0 Å². The first-order valence-corrected chi connectivity index (χ1v) is 6.54. The number of phenols is 1. The van der Waals surface area contributed by atoms with E-state index >= 15 is 0 Å². The molecule has 0 bridgehead atoms. The summed E-state index contributed by atoms with van der Waals surface area (Å²) in [5.74, 6) is -0.315. The minimum Gasteiger partial charge on any atom is -0.507 e. The third-order valence-corrected chi connectivity index (χ3v) is 3.19. The Labute approximate surface area is 95.1 Å². The largest absolute Gasteiger partial charge is 0.507 e. The highest BCUT2D eigenvalue weighted by atomic mass is 32.2. The van der Waals surface area contributed by atoms with Crippen LogP contribution >= 0.6 is 0 Å². The van der Waals surface area contributed by atoms with Gasteiger partial charge in [0.1, 0.15) is 10.6 Å². The second kappa shape index (κ2) is 5.29. The normalized spacial score (nSPS) is 11.6. The van der Waals surface area contributed by atoms with Gasteiger partial charge in [-0.05, 0) is 43.5 Å². The van der Waals surface area contributed by atoms with Crippen LogP contribution in [0.5, 0.6) is 5.75 Å². The summed E-state index contributed by atoms with van der Waals surface area (Å²) in [6.45, 7) is 0.611. The van der Waals surface area contributed by atoms with Crippen molar-refractivity contribution in [3.8, 4) is 5.75 Å². The molecular formula is C10H16N2O3S. The van der Waals surface area contributed by atoms with Crippen molar-refractivity contribution in [1.82, 2.24) is 0 Å². The number of rotatable bonds is 5. The highest BCUT2D eigenvalue weighted by Crippen LogP contribution is 2.23. The molecule has 0 saturated carbocycles. The molecule has 0 aliphatic rings. The maximum Gasteiger partial charge on any atom is 0.241 e. The minimum absolute atomic E-state index is 0.224. The van der Waals surface area contributed by atoms with Crippen LogP contribution in [0.25, 0.3) is 0 Å². The van der Waals surface area contributed by atoms with Gasteiger partial charge >= 0.3 is 0 Å². The average molecular weight is 244 g/mol. The zero-order valence-electron chi connectivity index (χ0n) is 8.89. The predicted octanol–water partition coefficient (Wildman–Crippen LogP) is 0.321. The molecule has 0 fully saturated rings. The minimum atomic E-state index is -3.86. The molecule has 0 amide bonds. The molecule has 0 heterocycles. The van der Waals surface area contributed by atoms with Crippen LogP contribution in [0.4, 0.5) is 0 Å². The lowest BCUT2D eigenvalue weighted by molar-refractivity contribution is 0.458. The van der Waals surface area contributed by atoms with E-state index in [-0.39, 0.29) is 10.6 Å². The van der Waals surface area contributed by atoms with Crippen LogP contribution in [-0.4, -0.2) is 20.1 Å². The highest BCUT2D eigenvalue weighted by molar-refractivity contribution is 7.89. The predicted molar refractivity (Wildman–Crippen MR) is 61.5 cm³/mol. The van der Waals surface area contributed by atoms with Crippen molar-refractivity contribution in [1.29, 1.82) is 0 Å². The first-order valence-electron chi connectivity index (χ1n) is 5.00. The molecule has 0 aromatic heterocycles. The molecule has 0 aliphatic heterocycles. The molecular weight excluding hydrogens is 228 g/mol. The fourth-order valence-corrected chi connectivity index (χ4v) is 2.09. The standard InChI is InChI=1S/C10H16N2O3S/c11-6-2-1-3-8-4-5-9(13)10(7-8)16(12,14)15/h4-5,7,13H,1-3,6,11H2,(H2,12,14,15). The summed E-state index contributed by atoms with van der Waals surface area (Å²) in [5, 5.41) is 14.3. The van der Waals surface area contributed by atoms with Crippen molar-refractivity contribution in [2.75, 3.05) is 6.54 Å². The number of aryl methyl sites for hydroxylation is 1. The lowest BCUT2D eigenvalue weighted by Crippen LogP contribution is -2.12. The molecule has 0 aliphatic carbocycles. The number of nitrogens with two attached hydrogens (primary N) is 2. The Morgan fingerprint density at radius 3 is 2.50 bits per heavy atom. The Hall–Kier alpha value is -1.11. The molecule has 5 N–H and O–H groups in total. The molecule has 6 heteroatoms. The molecule has 1 rings (SSSR count). The van der Waals surface area contributed by atoms with Gasteiger partial charge in [-0.15, -0.1) is 0 Å². The Morgan fingerprint density at radius 1 is 1.25 bits per heavy atom. The number of sulfonamides is 1. The third-order valence-electron chi connectivity index (χ3n) is 2.25. The fourth-order valence-electron chi connectivity index (χ4n) is 1.42. The second-order valence-corrected chi connectivity index (χ2v) is 5.12. The van der Waals surface area contributed by atoms with Crippen LogP contribution in [-0.2, 0) is 16.4 Å². The van der Waals surface area contributed by atoms with E-state index in [1.807, 2.05) is 0 Å². The highest BCUT2D eigenvalue weighted by Gasteiger charge is 2.13. The summed E-state index contributed by atoms with van der Waals surface area (Å²) in [6.07, 6.45) is 2.48. The van der Waals surface area contributed by atoms with Crippen LogP contribution in [0, 0.1) is 0 Å². The molecule has 1 aromatic carbocycles. The van der Waals surface area contributed by atoms with Gasteiger partial charge in [0.25, 0.3) is 0 Å². The number of hydrogen-bond acceptors (Lipinski definition) is 4. The lowest BCUT2D eigenvalue weighted by Gasteiger charge is -2.05. The molecule has 0 saturated heterocycles. The van der Waals surface area contributed by atoms with Crippen LogP contribution in [0.2, 0.25) is 0 Å². The van der Waals surface area contributed by atoms with Crippen molar-refractivity contribution in [3.63, 3.8) is 0 Å². The van der Waals surface area contributed by atoms with Crippen molar-refractivity contribution >= 4 is 10.0 Å². The van der Waals surface area contributed by atoms with Crippen molar-refractivity contribution in [2.24, 2.45) is 10.9 Å². The van der Waals surface area contributed by atoms with E-state index in [1.165, 1.54) is 12.1 Å². The fraction of sp³-hybridized carbons (Fsp3) is 0.400. The SMILES string of the molecule is NCCCCc1ccc(O)c(S(N)(=O)=O)c1. The Morgan fingerprint density at radius 2 is 1.94 bits per heavy atom. The van der Waals surface area contributed by atoms with E-state index in [0.717, 1.165) is 24.8 Å². The molecule has 0 spiro atoms. The summed E-state index contributed by atoms with van der Waals surface area (Å²) in [5.41, 5.74) is 6.19. The maximum atomic E-state index is 11.1. The first kappa shape index (κ1) is 13.0. The Balaban J connectivity index is 2.91. The van der Waals surface area contributed by atoms with E-state index in [1.54, 1.807) is 6.07 Å². The first-order chi connectivity index (χ1) is 7.45. The average Bonchev–Trinajstić information content (AvgIpc) is 2.19. The van der Waals surface area contributed by atoms with E-state index in [0.29, 0.717) is 6.54 Å². The number of primary sulfonamides is 1. The summed E-state index contributed by atoms with van der Waals surface area (Å²) in [7, 11) is -3.86. The number of benzene rings is 1. The lowest BCUT2D eigenvalue weighted by atomic mass is 10.1. The summed E-state index contributed by atoms with van der Waals surface area (Å²) >= 11 is 0. The summed E-state index contributed by atoms with van der Waals surface area (Å²) < 4.78 is 22.3. The molecule has 90 valence electrons. The molecule has 0 radical (unpaired) electrons. The quantitative estimate of drug-likeness (QED) is 0.648. The second-order valence-electron chi connectivity index (χ2n) is 3.59. The molecule has 16 heavy (non-hydrogen) atoms. The number of unbranched alkanes of at least 4 members (excludes halogenated alkanes) is 1. The third kappa shape index (κ3) is 3.48. The van der Waals surface area contributed by atoms with Crippen LogP contribution in [0.1, 0.15) is 18.4 Å². The van der Waals surface area contributed by atoms with Crippen molar-refractivity contribution in [2.45, 2.75) is 24.2 Å². The van der Waals surface area contributed by atoms with E-state index in [4.69, 9.17) is 10.9 Å². The topological polar surface area (TPSA) is 106 Å². The van der Waals surface area contributed by atoms with Gasteiger partial charge in [-0.3, -0.25) is 0 Å². The summed E-state index contributed by atoms with van der Waals surface area (Å²) in [6, 6.07) is 4.43. The van der Waals surface area contributed by atoms with E-state index in [9.17, 15) is 13.5 Å². The monoisotopic (exact) mass is 244 g/mol. The van der Waals surface area contributed by atoms with Crippen LogP contribution in [0.15, 0.2) is 23.1 Å². The number of phenolic OH excluding ortho intramolecular Hbond substituents is 1. The Bertz CT molecular complexity index is 457. The van der Waals surface area contributed by atoms with Gasteiger partial charge in [0.2, 0.25) is 10.0 Å². The van der Waals surface area contributed by atoms with Crippen molar-refractivity contribution < 1.29 is 13.5 Å². The van der Waals surface area contributed by atoms with Crippen LogP contribution < -0.4 is 10.9 Å².